The third-order valence-corrected chi connectivity index (χ3v) is 1.82. The summed E-state index contributed by atoms with van der Waals surface area (Å²) in [4.78, 5) is 11.2. The molecule has 1 aromatic rings. The maximum absolute atomic E-state index is 11.2. The first-order valence-electron chi connectivity index (χ1n) is 3.34. The zero-order valence-corrected chi connectivity index (χ0v) is 7.35. The van der Waals surface area contributed by atoms with Gasteiger partial charge in [0.25, 0.3) is 0 Å². The summed E-state index contributed by atoms with van der Waals surface area (Å²) in [5.74, 6) is 1.05. The number of thioether (sulfide) groups is 1. The first-order chi connectivity index (χ1) is 5.74. The molecule has 0 bridgehead atoms. The SMILES string of the molecule is Cc1ccc(C(=O)CSC#N)o1. The van der Waals surface area contributed by atoms with Crippen molar-refractivity contribution in [3.8, 4) is 5.40 Å². The van der Waals surface area contributed by atoms with Gasteiger partial charge < -0.3 is 4.42 Å². The maximum atomic E-state index is 11.2. The average molecular weight is 181 g/mol. The molecule has 3 nitrogen and oxygen atoms in total. The molecule has 0 aliphatic carbocycles. The Labute approximate surface area is 74.4 Å². The molecule has 1 heterocycles. The Morgan fingerprint density at radius 1 is 1.75 bits per heavy atom. The van der Waals surface area contributed by atoms with Gasteiger partial charge >= 0.3 is 0 Å². The Morgan fingerprint density at radius 2 is 2.50 bits per heavy atom. The predicted molar refractivity (Wildman–Crippen MR) is 45.8 cm³/mol. The lowest BCUT2D eigenvalue weighted by molar-refractivity contribution is 0.0991. The topological polar surface area (TPSA) is 54.0 Å². The Balaban J connectivity index is 2.61. The molecule has 0 unspecified atom stereocenters. The number of thiocyanates is 1. The molecule has 1 aromatic heterocycles. The highest BCUT2D eigenvalue weighted by Gasteiger charge is 2.09. The minimum absolute atomic E-state index is 0.144. The number of aryl methyl sites for hydroxylation is 1. The number of nitrogens with zero attached hydrogens (tertiary/aromatic N) is 1. The molecule has 0 fully saturated rings. The fraction of sp³-hybridized carbons (Fsp3) is 0.250. The van der Waals surface area contributed by atoms with Gasteiger partial charge in [-0.05, 0) is 30.8 Å². The molecule has 0 aliphatic rings. The van der Waals surface area contributed by atoms with Gasteiger partial charge in [0.1, 0.15) is 11.2 Å². The van der Waals surface area contributed by atoms with Gasteiger partial charge in [-0.2, -0.15) is 5.26 Å². The molecule has 12 heavy (non-hydrogen) atoms. The fourth-order valence-electron chi connectivity index (χ4n) is 0.753. The first kappa shape index (κ1) is 8.88. The van der Waals surface area contributed by atoms with Gasteiger partial charge in [-0.25, -0.2) is 0 Å². The van der Waals surface area contributed by atoms with Crippen molar-refractivity contribution < 1.29 is 9.21 Å². The summed E-state index contributed by atoms with van der Waals surface area (Å²) in [7, 11) is 0. The van der Waals surface area contributed by atoms with E-state index in [1.54, 1.807) is 19.1 Å². The van der Waals surface area contributed by atoms with E-state index in [0.717, 1.165) is 11.8 Å². The molecule has 0 radical (unpaired) electrons. The van der Waals surface area contributed by atoms with Crippen LogP contribution in [0.1, 0.15) is 16.3 Å². The molecule has 4 heteroatoms. The van der Waals surface area contributed by atoms with Crippen LogP contribution >= 0.6 is 11.8 Å². The number of rotatable bonds is 3. The quantitative estimate of drug-likeness (QED) is 0.528. The van der Waals surface area contributed by atoms with E-state index in [2.05, 4.69) is 0 Å². The van der Waals surface area contributed by atoms with Gasteiger partial charge in [0.15, 0.2) is 5.76 Å². The number of carbonyl (C=O) groups excluding carboxylic acids is 1. The van der Waals surface area contributed by atoms with E-state index in [4.69, 9.17) is 9.68 Å². The molecule has 0 N–H and O–H groups in total. The van der Waals surface area contributed by atoms with Crippen LogP contribution in [0.2, 0.25) is 0 Å². The Kier molecular flexibility index (Phi) is 2.94. The van der Waals surface area contributed by atoms with Crippen LogP contribution in [-0.4, -0.2) is 11.5 Å². The monoisotopic (exact) mass is 181 g/mol. The van der Waals surface area contributed by atoms with Gasteiger partial charge in [-0.3, -0.25) is 4.79 Å². The van der Waals surface area contributed by atoms with Crippen LogP contribution in [-0.2, 0) is 0 Å². The normalized spacial score (nSPS) is 9.33. The van der Waals surface area contributed by atoms with Crippen LogP contribution in [0.25, 0.3) is 0 Å². The van der Waals surface area contributed by atoms with Crippen molar-refractivity contribution in [2.75, 3.05) is 5.75 Å². The summed E-state index contributed by atoms with van der Waals surface area (Å²) < 4.78 is 5.07. The van der Waals surface area contributed by atoms with E-state index < -0.39 is 0 Å². The number of nitriles is 1. The van der Waals surface area contributed by atoms with Crippen molar-refractivity contribution in [3.05, 3.63) is 23.7 Å². The van der Waals surface area contributed by atoms with Crippen LogP contribution in [0.5, 0.6) is 0 Å². The van der Waals surface area contributed by atoms with E-state index in [9.17, 15) is 4.79 Å². The maximum Gasteiger partial charge on any atom is 0.208 e. The molecule has 1 rings (SSSR count). The van der Waals surface area contributed by atoms with Crippen molar-refractivity contribution in [1.82, 2.24) is 0 Å². The second-order valence-corrected chi connectivity index (χ2v) is 2.97. The van der Waals surface area contributed by atoms with Crippen LogP contribution in [0.3, 0.4) is 0 Å². The van der Waals surface area contributed by atoms with Crippen molar-refractivity contribution in [1.29, 1.82) is 5.26 Å². The Morgan fingerprint density at radius 3 is 3.00 bits per heavy atom. The van der Waals surface area contributed by atoms with Gasteiger partial charge in [0.05, 0.1) is 5.75 Å². The highest BCUT2D eigenvalue weighted by molar-refractivity contribution is 8.04. The molecule has 0 aromatic carbocycles. The number of Topliss-reactive ketones (excluding diaryl/α,β-unsaturated/α-hetero) is 1. The Hall–Kier alpha value is -1.21. The van der Waals surface area contributed by atoms with Gasteiger partial charge in [0.2, 0.25) is 5.78 Å². The summed E-state index contributed by atoms with van der Waals surface area (Å²) in [6.07, 6.45) is 0. The van der Waals surface area contributed by atoms with Gasteiger partial charge in [-0.15, -0.1) is 0 Å². The second-order valence-electron chi connectivity index (χ2n) is 2.21. The van der Waals surface area contributed by atoms with Crippen LogP contribution < -0.4 is 0 Å². The summed E-state index contributed by atoms with van der Waals surface area (Å²) in [6.45, 7) is 1.77. The van der Waals surface area contributed by atoms with Crippen molar-refractivity contribution >= 4 is 17.5 Å². The zero-order chi connectivity index (χ0) is 8.97. The third kappa shape index (κ3) is 2.14. The summed E-state index contributed by atoms with van der Waals surface area (Å²) in [5, 5.41) is 10.0. The van der Waals surface area contributed by atoms with E-state index in [1.807, 2.05) is 5.40 Å². The molecular formula is C8H7NO2S. The number of hydrogen-bond donors (Lipinski definition) is 0. The highest BCUT2D eigenvalue weighted by Crippen LogP contribution is 2.09. The van der Waals surface area contributed by atoms with E-state index >= 15 is 0 Å². The summed E-state index contributed by atoms with van der Waals surface area (Å²) in [5.41, 5.74) is 0. The average Bonchev–Trinajstić information content (AvgIpc) is 2.47. The number of carbonyl (C=O) groups is 1. The molecular weight excluding hydrogens is 174 g/mol. The van der Waals surface area contributed by atoms with Crippen LogP contribution in [0, 0.1) is 17.6 Å². The van der Waals surface area contributed by atoms with Gasteiger partial charge in [-0.1, -0.05) is 0 Å². The minimum Gasteiger partial charge on any atom is -0.458 e. The highest BCUT2D eigenvalue weighted by atomic mass is 32.2. The standard InChI is InChI=1S/C8H7NO2S/c1-6-2-3-8(11-6)7(10)4-12-5-9/h2-3H,4H2,1H3. The van der Waals surface area contributed by atoms with Crippen LogP contribution in [0.4, 0.5) is 0 Å². The molecule has 0 aliphatic heterocycles. The van der Waals surface area contributed by atoms with E-state index in [0.29, 0.717) is 11.5 Å². The first-order valence-corrected chi connectivity index (χ1v) is 4.33. The lowest BCUT2D eigenvalue weighted by Crippen LogP contribution is -1.99. The molecule has 0 atom stereocenters. The van der Waals surface area contributed by atoms with Gasteiger partial charge in [0, 0.05) is 0 Å². The van der Waals surface area contributed by atoms with Crippen molar-refractivity contribution in [2.45, 2.75) is 6.92 Å². The summed E-state index contributed by atoms with van der Waals surface area (Å²) in [6, 6.07) is 3.35. The fourth-order valence-corrected chi connectivity index (χ4v) is 1.09. The lowest BCUT2D eigenvalue weighted by Gasteiger charge is -1.90. The van der Waals surface area contributed by atoms with Crippen molar-refractivity contribution in [3.63, 3.8) is 0 Å². The minimum atomic E-state index is -0.144. The lowest BCUT2D eigenvalue weighted by atomic mass is 10.3. The Bertz CT molecular complexity index is 324. The zero-order valence-electron chi connectivity index (χ0n) is 6.53. The molecule has 0 saturated heterocycles. The second kappa shape index (κ2) is 3.98. The van der Waals surface area contributed by atoms with Crippen molar-refractivity contribution in [2.24, 2.45) is 0 Å². The third-order valence-electron chi connectivity index (χ3n) is 1.28. The number of hydrogen-bond acceptors (Lipinski definition) is 4. The molecule has 0 saturated carbocycles. The predicted octanol–water partition coefficient (Wildman–Crippen LogP) is 1.99. The molecule has 0 amide bonds. The molecule has 0 spiro atoms. The largest absolute Gasteiger partial charge is 0.458 e. The molecule has 62 valence electrons. The number of furan rings is 1. The summed E-state index contributed by atoms with van der Waals surface area (Å²) >= 11 is 0.916. The van der Waals surface area contributed by atoms with Crippen LogP contribution in [0.15, 0.2) is 16.5 Å². The van der Waals surface area contributed by atoms with E-state index in [1.165, 1.54) is 0 Å². The smallest absolute Gasteiger partial charge is 0.208 e. The van der Waals surface area contributed by atoms with E-state index in [-0.39, 0.29) is 11.5 Å². The number of ketones is 1.